The summed E-state index contributed by atoms with van der Waals surface area (Å²) in [5, 5.41) is 0. The Morgan fingerprint density at radius 3 is 2.42 bits per heavy atom. The van der Waals surface area contributed by atoms with E-state index in [0.29, 0.717) is 5.69 Å². The molecular weight excluding hydrogens is 378 g/mol. The van der Waals surface area contributed by atoms with Gasteiger partial charge in [-0.1, -0.05) is 13.0 Å². The van der Waals surface area contributed by atoms with Crippen molar-refractivity contribution in [1.29, 1.82) is 0 Å². The normalized spacial score (nSPS) is 19.7. The van der Waals surface area contributed by atoms with Crippen LogP contribution in [0.5, 0.6) is 0 Å². The van der Waals surface area contributed by atoms with Gasteiger partial charge in [-0.25, -0.2) is 25.9 Å². The fourth-order valence-corrected chi connectivity index (χ4v) is 5.42. The van der Waals surface area contributed by atoms with Crippen LogP contribution in [-0.4, -0.2) is 33.5 Å². The molecule has 0 spiro atoms. The Hall–Kier alpha value is -2.30. The van der Waals surface area contributed by atoms with E-state index in [2.05, 4.69) is 9.71 Å². The number of aromatic nitrogens is 1. The van der Waals surface area contributed by atoms with E-state index < -0.39 is 31.9 Å². The van der Waals surface area contributed by atoms with Gasteiger partial charge in [0.1, 0.15) is 0 Å². The Labute approximate surface area is 152 Å². The zero-order valence-electron chi connectivity index (χ0n) is 13.9. The Morgan fingerprint density at radius 1 is 1.19 bits per heavy atom. The average molecular weight is 395 g/mol. The van der Waals surface area contributed by atoms with Crippen LogP contribution in [-0.2, 0) is 31.4 Å². The molecule has 10 heteroatoms. The highest BCUT2D eigenvalue weighted by molar-refractivity contribution is 7.94. The quantitative estimate of drug-likeness (QED) is 0.804. The molecule has 2 heterocycles. The van der Waals surface area contributed by atoms with Crippen molar-refractivity contribution in [2.75, 3.05) is 10.1 Å². The van der Waals surface area contributed by atoms with Gasteiger partial charge in [0.05, 0.1) is 34.5 Å². The Bertz CT molecular complexity index is 1020. The van der Waals surface area contributed by atoms with Gasteiger partial charge in [-0.2, -0.15) is 0 Å². The molecule has 1 fully saturated rings. The molecule has 1 aromatic heterocycles. The molecule has 1 aliphatic heterocycles. The number of anilines is 1. The number of carbonyl (C=O) groups is 1. The molecule has 138 valence electrons. The zero-order valence-corrected chi connectivity index (χ0v) is 15.5. The van der Waals surface area contributed by atoms with Gasteiger partial charge in [0.15, 0.2) is 0 Å². The lowest BCUT2D eigenvalue weighted by molar-refractivity contribution is -0.119. The molecule has 1 saturated heterocycles. The van der Waals surface area contributed by atoms with E-state index in [-0.39, 0.29) is 22.9 Å². The third-order valence-corrected chi connectivity index (χ3v) is 7.20. The molecule has 0 saturated carbocycles. The SMILES string of the molecule is C[C@H]1CS(=O)(=O)N(c2ccc(S(=O)(=O)NCc3ccccn3)cc2)C1=O. The van der Waals surface area contributed by atoms with Crippen molar-refractivity contribution in [2.24, 2.45) is 5.92 Å². The lowest BCUT2D eigenvalue weighted by atomic mass is 10.2. The third kappa shape index (κ3) is 3.62. The number of amides is 1. The number of nitrogens with one attached hydrogen (secondary N) is 1. The highest BCUT2D eigenvalue weighted by Gasteiger charge is 2.41. The maximum absolute atomic E-state index is 12.3. The summed E-state index contributed by atoms with van der Waals surface area (Å²) in [6, 6.07) is 10.3. The average Bonchev–Trinajstić information content (AvgIpc) is 2.81. The van der Waals surface area contributed by atoms with Crippen LogP contribution in [0.15, 0.2) is 53.6 Å². The van der Waals surface area contributed by atoms with Crippen molar-refractivity contribution in [1.82, 2.24) is 9.71 Å². The van der Waals surface area contributed by atoms with Crippen molar-refractivity contribution in [2.45, 2.75) is 18.4 Å². The highest BCUT2D eigenvalue weighted by Crippen LogP contribution is 2.28. The second-order valence-electron chi connectivity index (χ2n) is 5.92. The topological polar surface area (TPSA) is 114 Å². The summed E-state index contributed by atoms with van der Waals surface area (Å²) in [5.74, 6) is -1.39. The zero-order chi connectivity index (χ0) is 18.9. The molecule has 1 aromatic carbocycles. The van der Waals surface area contributed by atoms with Crippen molar-refractivity contribution in [3.8, 4) is 0 Å². The molecule has 3 rings (SSSR count). The molecular formula is C16H17N3O5S2. The van der Waals surface area contributed by atoms with Gasteiger partial charge in [0.2, 0.25) is 26.0 Å². The van der Waals surface area contributed by atoms with E-state index in [1.54, 1.807) is 31.3 Å². The van der Waals surface area contributed by atoms with Gasteiger partial charge in [-0.15, -0.1) is 0 Å². The second kappa shape index (κ2) is 6.78. The third-order valence-electron chi connectivity index (χ3n) is 3.91. The molecule has 1 atom stereocenters. The minimum absolute atomic E-state index is 0.0292. The van der Waals surface area contributed by atoms with Crippen molar-refractivity contribution >= 4 is 31.6 Å². The minimum Gasteiger partial charge on any atom is -0.273 e. The van der Waals surface area contributed by atoms with Gasteiger partial charge in [0.25, 0.3) is 0 Å². The van der Waals surface area contributed by atoms with E-state index >= 15 is 0 Å². The first-order valence-electron chi connectivity index (χ1n) is 7.77. The lowest BCUT2D eigenvalue weighted by Gasteiger charge is -2.15. The largest absolute Gasteiger partial charge is 0.273 e. The highest BCUT2D eigenvalue weighted by atomic mass is 32.2. The summed E-state index contributed by atoms with van der Waals surface area (Å²) >= 11 is 0. The lowest BCUT2D eigenvalue weighted by Crippen LogP contribution is -2.30. The molecule has 1 N–H and O–H groups in total. The molecule has 1 aliphatic rings. The van der Waals surface area contributed by atoms with E-state index in [1.165, 1.54) is 24.3 Å². The van der Waals surface area contributed by atoms with Gasteiger partial charge in [0, 0.05) is 6.20 Å². The first-order valence-corrected chi connectivity index (χ1v) is 10.9. The molecule has 8 nitrogen and oxygen atoms in total. The number of pyridine rings is 1. The number of carbonyl (C=O) groups excluding carboxylic acids is 1. The smallest absolute Gasteiger partial charge is 0.244 e. The predicted octanol–water partition coefficient (Wildman–Crippen LogP) is 0.873. The van der Waals surface area contributed by atoms with Gasteiger partial charge in [-0.3, -0.25) is 9.78 Å². The summed E-state index contributed by atoms with van der Waals surface area (Å²) in [6.45, 7) is 1.57. The van der Waals surface area contributed by atoms with Crippen LogP contribution in [0.2, 0.25) is 0 Å². The summed E-state index contributed by atoms with van der Waals surface area (Å²) in [7, 11) is -7.52. The number of nitrogens with zero attached hydrogens (tertiary/aromatic N) is 2. The fourth-order valence-electron chi connectivity index (χ4n) is 2.60. The number of benzene rings is 1. The Balaban J connectivity index is 1.80. The fraction of sp³-hybridized carbons (Fsp3) is 0.250. The molecule has 1 amide bonds. The molecule has 0 bridgehead atoms. The molecule has 0 aliphatic carbocycles. The van der Waals surface area contributed by atoms with Crippen LogP contribution < -0.4 is 9.03 Å². The summed E-state index contributed by atoms with van der Waals surface area (Å²) in [4.78, 5) is 16.1. The van der Waals surface area contributed by atoms with Crippen LogP contribution in [0.3, 0.4) is 0 Å². The molecule has 26 heavy (non-hydrogen) atoms. The van der Waals surface area contributed by atoms with Crippen LogP contribution in [0.4, 0.5) is 5.69 Å². The minimum atomic E-state index is -3.79. The predicted molar refractivity (Wildman–Crippen MR) is 95.1 cm³/mol. The van der Waals surface area contributed by atoms with E-state index in [1.807, 2.05) is 0 Å². The van der Waals surface area contributed by atoms with Crippen molar-refractivity contribution < 1.29 is 21.6 Å². The summed E-state index contributed by atoms with van der Waals surface area (Å²) in [5.41, 5.74) is 0.693. The van der Waals surface area contributed by atoms with Crippen LogP contribution in [0.25, 0.3) is 0 Å². The number of hydrogen-bond donors (Lipinski definition) is 1. The van der Waals surface area contributed by atoms with Gasteiger partial charge < -0.3 is 0 Å². The second-order valence-corrected chi connectivity index (χ2v) is 9.55. The first-order chi connectivity index (χ1) is 12.2. The summed E-state index contributed by atoms with van der Waals surface area (Å²) in [6.07, 6.45) is 1.56. The van der Waals surface area contributed by atoms with Crippen molar-refractivity contribution in [3.05, 3.63) is 54.4 Å². The van der Waals surface area contributed by atoms with Gasteiger partial charge in [-0.05, 0) is 36.4 Å². The number of rotatable bonds is 5. The Kier molecular flexibility index (Phi) is 4.82. The van der Waals surface area contributed by atoms with E-state index in [0.717, 1.165) is 4.31 Å². The maximum Gasteiger partial charge on any atom is 0.244 e. The monoisotopic (exact) mass is 395 g/mol. The number of hydrogen-bond acceptors (Lipinski definition) is 6. The molecule has 0 radical (unpaired) electrons. The van der Waals surface area contributed by atoms with E-state index in [4.69, 9.17) is 0 Å². The first kappa shape index (κ1) is 18.5. The molecule has 2 aromatic rings. The molecule has 0 unspecified atom stereocenters. The van der Waals surface area contributed by atoms with Crippen molar-refractivity contribution in [3.63, 3.8) is 0 Å². The summed E-state index contributed by atoms with van der Waals surface area (Å²) < 4.78 is 52.0. The van der Waals surface area contributed by atoms with Crippen LogP contribution in [0, 0.1) is 5.92 Å². The van der Waals surface area contributed by atoms with Gasteiger partial charge >= 0.3 is 0 Å². The van der Waals surface area contributed by atoms with Crippen LogP contribution in [0.1, 0.15) is 12.6 Å². The van der Waals surface area contributed by atoms with Crippen LogP contribution >= 0.6 is 0 Å². The maximum atomic E-state index is 12.3. The Morgan fingerprint density at radius 2 is 1.88 bits per heavy atom. The number of sulfonamides is 2. The standard InChI is InChI=1S/C16H17N3O5S2/c1-12-11-25(21,22)19(16(12)20)14-5-7-15(8-6-14)26(23,24)18-10-13-4-2-3-9-17-13/h2-9,12,18H,10-11H2,1H3/t12-/m0/s1. The van der Waals surface area contributed by atoms with E-state index in [9.17, 15) is 21.6 Å².